The van der Waals surface area contributed by atoms with Crippen LogP contribution in [0.2, 0.25) is 0 Å². The molecule has 1 amide bonds. The molecule has 2 N–H and O–H groups in total. The van der Waals surface area contributed by atoms with Crippen molar-refractivity contribution in [3.05, 3.63) is 18.2 Å². The fourth-order valence-electron chi connectivity index (χ4n) is 3.80. The summed E-state index contributed by atoms with van der Waals surface area (Å²) in [5, 5.41) is 6.68. The molecule has 1 aromatic rings. The molecule has 2 rings (SSSR count). The number of guanidine groups is 1. The van der Waals surface area contributed by atoms with E-state index in [1.165, 1.54) is 0 Å². The summed E-state index contributed by atoms with van der Waals surface area (Å²) in [6.07, 6.45) is 5.40. The number of hydrogen-bond donors (Lipinski definition) is 2. The van der Waals surface area contributed by atoms with E-state index in [1.807, 2.05) is 60.9 Å². The van der Waals surface area contributed by atoms with Gasteiger partial charge in [0.1, 0.15) is 17.2 Å². The molecule has 2 atom stereocenters. The van der Waals surface area contributed by atoms with Gasteiger partial charge in [-0.2, -0.15) is 0 Å². The molecular weight excluding hydrogens is 523 g/mol. The average Bonchev–Trinajstić information content (AvgIpc) is 3.14. The summed E-state index contributed by atoms with van der Waals surface area (Å²) < 4.78 is 13.8. The molecule has 0 bridgehead atoms. The number of hydrogen-bond acceptors (Lipinski definition) is 5. The summed E-state index contributed by atoms with van der Waals surface area (Å²) in [5.74, 6) is 1.75. The molecule has 0 aromatic carbocycles. The number of aromatic nitrogens is 2. The second kappa shape index (κ2) is 12.1. The zero-order chi connectivity index (χ0) is 23.2. The highest BCUT2D eigenvalue weighted by atomic mass is 127. The van der Waals surface area contributed by atoms with Crippen molar-refractivity contribution in [2.75, 3.05) is 20.1 Å². The van der Waals surface area contributed by atoms with E-state index in [0.29, 0.717) is 12.5 Å². The van der Waals surface area contributed by atoms with E-state index < -0.39 is 11.3 Å². The Morgan fingerprint density at radius 3 is 2.56 bits per heavy atom. The topological polar surface area (TPSA) is 93.0 Å². The van der Waals surface area contributed by atoms with Crippen LogP contribution in [-0.4, -0.2) is 70.1 Å². The van der Waals surface area contributed by atoms with Gasteiger partial charge in [0.25, 0.3) is 0 Å². The van der Waals surface area contributed by atoms with Crippen LogP contribution in [0.3, 0.4) is 0 Å². The van der Waals surface area contributed by atoms with Crippen molar-refractivity contribution in [2.24, 2.45) is 4.99 Å². The maximum atomic E-state index is 12.9. The van der Waals surface area contributed by atoms with Crippen LogP contribution in [-0.2, 0) is 16.0 Å². The van der Waals surface area contributed by atoms with Crippen molar-refractivity contribution in [1.29, 1.82) is 0 Å². The number of carbonyl (C=O) groups excluding carboxylic acids is 1. The van der Waals surface area contributed by atoms with Crippen molar-refractivity contribution in [3.63, 3.8) is 0 Å². The molecule has 32 heavy (non-hydrogen) atoms. The Kier molecular flexibility index (Phi) is 10.7. The highest BCUT2D eigenvalue weighted by Crippen LogP contribution is 2.33. The first-order valence-corrected chi connectivity index (χ1v) is 11.1. The molecule has 9 nitrogen and oxygen atoms in total. The molecule has 1 fully saturated rings. The fourth-order valence-corrected chi connectivity index (χ4v) is 3.80. The SMILES string of the molecule is CN=C(NCCCCn1ccnc1C)NCC1C(C)OC(C)(C)N1C(=O)OC(C)(C)C.I. The predicted molar refractivity (Wildman–Crippen MR) is 137 cm³/mol. The first-order chi connectivity index (χ1) is 14.4. The van der Waals surface area contributed by atoms with Gasteiger partial charge >= 0.3 is 6.09 Å². The lowest BCUT2D eigenvalue weighted by molar-refractivity contribution is -0.0755. The van der Waals surface area contributed by atoms with Crippen molar-refractivity contribution >= 4 is 36.0 Å². The number of amides is 1. The van der Waals surface area contributed by atoms with Gasteiger partial charge in [-0.1, -0.05) is 0 Å². The Morgan fingerprint density at radius 2 is 2.00 bits per heavy atom. The zero-order valence-electron chi connectivity index (χ0n) is 20.8. The number of nitrogens with zero attached hydrogens (tertiary/aromatic N) is 4. The molecule has 1 saturated heterocycles. The molecule has 10 heteroatoms. The molecular formula is C22H41IN6O3. The molecule has 0 aliphatic carbocycles. The third kappa shape index (κ3) is 8.09. The summed E-state index contributed by atoms with van der Waals surface area (Å²) in [7, 11) is 1.74. The van der Waals surface area contributed by atoms with Gasteiger partial charge in [0, 0.05) is 39.1 Å². The van der Waals surface area contributed by atoms with Gasteiger partial charge in [-0.3, -0.25) is 9.89 Å². The fraction of sp³-hybridized carbons (Fsp3) is 0.773. The Morgan fingerprint density at radius 1 is 1.31 bits per heavy atom. The van der Waals surface area contributed by atoms with Gasteiger partial charge in [-0.15, -0.1) is 24.0 Å². The standard InChI is InChI=1S/C22H40N6O3.HI/c1-16-18(28(22(6,7)30-16)20(29)31-21(3,4)5)15-26-19(23-8)25-11-9-10-13-27-14-12-24-17(27)2;/h12,14,16,18H,9-11,13,15H2,1-8H3,(H2,23,25,26);1H. The lowest BCUT2D eigenvalue weighted by Crippen LogP contribution is -2.54. The third-order valence-electron chi connectivity index (χ3n) is 5.26. The number of rotatable bonds is 7. The number of unbranched alkanes of at least 4 members (excludes halogenated alkanes) is 1. The van der Waals surface area contributed by atoms with Gasteiger partial charge in [-0.05, 0) is 61.3 Å². The Hall–Kier alpha value is -1.56. The van der Waals surface area contributed by atoms with Crippen LogP contribution < -0.4 is 10.6 Å². The number of aryl methyl sites for hydroxylation is 2. The summed E-state index contributed by atoms with van der Waals surface area (Å²) in [6, 6.07) is -0.174. The van der Waals surface area contributed by atoms with Crippen LogP contribution in [0.25, 0.3) is 0 Å². The number of ether oxygens (including phenoxy) is 2. The summed E-state index contributed by atoms with van der Waals surface area (Å²) in [4.78, 5) is 23.1. The largest absolute Gasteiger partial charge is 0.444 e. The first kappa shape index (κ1) is 28.5. The highest BCUT2D eigenvalue weighted by Gasteiger charge is 2.49. The summed E-state index contributed by atoms with van der Waals surface area (Å²) in [5.41, 5.74) is -1.31. The van der Waals surface area contributed by atoms with Gasteiger partial charge in [0.2, 0.25) is 0 Å². The van der Waals surface area contributed by atoms with Crippen LogP contribution in [0.1, 0.15) is 60.2 Å². The maximum Gasteiger partial charge on any atom is 0.412 e. The monoisotopic (exact) mass is 564 g/mol. The number of aliphatic imine (C=N–C) groups is 1. The van der Waals surface area contributed by atoms with Crippen molar-refractivity contribution in [1.82, 2.24) is 25.1 Å². The van der Waals surface area contributed by atoms with Crippen LogP contribution in [0.15, 0.2) is 17.4 Å². The summed E-state index contributed by atoms with van der Waals surface area (Å²) >= 11 is 0. The molecule has 184 valence electrons. The number of nitrogens with one attached hydrogen (secondary N) is 2. The number of carbonyl (C=O) groups is 1. The third-order valence-corrected chi connectivity index (χ3v) is 5.26. The van der Waals surface area contributed by atoms with E-state index in [0.717, 1.165) is 31.8 Å². The molecule has 1 aliphatic heterocycles. The molecule has 0 spiro atoms. The van der Waals surface area contributed by atoms with E-state index in [2.05, 4.69) is 25.2 Å². The number of imidazole rings is 1. The Balaban J connectivity index is 0.00000512. The molecule has 1 aromatic heterocycles. The Labute approximate surface area is 209 Å². The minimum atomic E-state index is -0.740. The molecule has 0 saturated carbocycles. The van der Waals surface area contributed by atoms with Gasteiger partial charge in [0.15, 0.2) is 5.96 Å². The Bertz CT molecular complexity index is 759. The van der Waals surface area contributed by atoms with Gasteiger partial charge < -0.3 is 24.7 Å². The van der Waals surface area contributed by atoms with Crippen molar-refractivity contribution in [2.45, 2.75) is 91.3 Å². The average molecular weight is 565 g/mol. The zero-order valence-corrected chi connectivity index (χ0v) is 23.1. The first-order valence-electron chi connectivity index (χ1n) is 11.1. The van der Waals surface area contributed by atoms with Gasteiger partial charge in [-0.25, -0.2) is 9.78 Å². The van der Waals surface area contributed by atoms with Crippen LogP contribution in [0, 0.1) is 6.92 Å². The molecule has 2 heterocycles. The lowest BCUT2D eigenvalue weighted by Gasteiger charge is -2.35. The quantitative estimate of drug-likeness (QED) is 0.228. The minimum absolute atomic E-state index is 0. The van der Waals surface area contributed by atoms with E-state index in [4.69, 9.17) is 9.47 Å². The second-order valence-electron chi connectivity index (χ2n) is 9.44. The van der Waals surface area contributed by atoms with Crippen LogP contribution in [0.4, 0.5) is 4.79 Å². The van der Waals surface area contributed by atoms with E-state index in [-0.39, 0.29) is 42.2 Å². The molecule has 0 radical (unpaired) electrons. The molecule has 1 aliphatic rings. The van der Waals surface area contributed by atoms with Crippen LogP contribution >= 0.6 is 24.0 Å². The highest BCUT2D eigenvalue weighted by molar-refractivity contribution is 14.0. The van der Waals surface area contributed by atoms with Crippen molar-refractivity contribution in [3.8, 4) is 0 Å². The van der Waals surface area contributed by atoms with Gasteiger partial charge in [0.05, 0.1) is 12.1 Å². The second-order valence-corrected chi connectivity index (χ2v) is 9.44. The van der Waals surface area contributed by atoms with E-state index in [1.54, 1.807) is 11.9 Å². The van der Waals surface area contributed by atoms with Crippen molar-refractivity contribution < 1.29 is 14.3 Å². The lowest BCUT2D eigenvalue weighted by atomic mass is 10.1. The maximum absolute atomic E-state index is 12.9. The smallest absolute Gasteiger partial charge is 0.412 e. The van der Waals surface area contributed by atoms with E-state index >= 15 is 0 Å². The normalized spacial score (nSPS) is 20.6. The predicted octanol–water partition coefficient (Wildman–Crippen LogP) is 3.52. The van der Waals surface area contributed by atoms with E-state index in [9.17, 15) is 4.79 Å². The summed E-state index contributed by atoms with van der Waals surface area (Å²) in [6.45, 7) is 15.7. The minimum Gasteiger partial charge on any atom is -0.444 e. The number of halogens is 1. The van der Waals surface area contributed by atoms with Crippen LogP contribution in [0.5, 0.6) is 0 Å². The molecule has 2 unspecified atom stereocenters.